The molecule has 0 N–H and O–H groups in total. The number of carbonyl (C=O) groups excluding carboxylic acids is 1. The lowest BCUT2D eigenvalue weighted by Crippen LogP contribution is -2.11. The third-order valence-corrected chi connectivity index (χ3v) is 4.24. The summed E-state index contributed by atoms with van der Waals surface area (Å²) >= 11 is 0. The fourth-order valence-electron chi connectivity index (χ4n) is 2.70. The van der Waals surface area contributed by atoms with E-state index < -0.39 is 0 Å². The van der Waals surface area contributed by atoms with Gasteiger partial charge in [-0.1, -0.05) is 34.9 Å². The fraction of sp³-hybridized carbons (Fsp3) is 0.571. The van der Waals surface area contributed by atoms with Crippen molar-refractivity contribution in [3.63, 3.8) is 0 Å². The third-order valence-electron chi connectivity index (χ3n) is 4.24. The molecule has 134 valence electrons. The molecular weight excluding hydrogens is 300 g/mol. The SMILES string of the molecule is COC1=C(C)C(=O)OC1CC=C(C)CCC=C(C)CCC=C(C)C. The lowest BCUT2D eigenvalue weighted by molar-refractivity contribution is -0.140. The van der Waals surface area contributed by atoms with Crippen LogP contribution in [-0.4, -0.2) is 19.2 Å². The lowest BCUT2D eigenvalue weighted by Gasteiger charge is -2.11. The number of esters is 1. The molecule has 0 radical (unpaired) electrons. The molecule has 0 bridgehead atoms. The molecule has 0 saturated heterocycles. The van der Waals surface area contributed by atoms with Crippen LogP contribution in [0.3, 0.4) is 0 Å². The maximum atomic E-state index is 11.6. The number of methoxy groups -OCH3 is 1. The van der Waals surface area contributed by atoms with Crippen LogP contribution in [0.2, 0.25) is 0 Å². The van der Waals surface area contributed by atoms with E-state index in [0.29, 0.717) is 17.8 Å². The zero-order valence-electron chi connectivity index (χ0n) is 16.1. The molecule has 0 amide bonds. The van der Waals surface area contributed by atoms with Crippen LogP contribution in [0, 0.1) is 0 Å². The van der Waals surface area contributed by atoms with E-state index >= 15 is 0 Å². The van der Waals surface area contributed by atoms with Crippen LogP contribution in [0.15, 0.2) is 46.3 Å². The topological polar surface area (TPSA) is 35.5 Å². The van der Waals surface area contributed by atoms with Gasteiger partial charge in [-0.15, -0.1) is 0 Å². The molecule has 1 aliphatic heterocycles. The smallest absolute Gasteiger partial charge is 0.338 e. The monoisotopic (exact) mass is 332 g/mol. The summed E-state index contributed by atoms with van der Waals surface area (Å²) in [5.74, 6) is 0.400. The van der Waals surface area contributed by atoms with Gasteiger partial charge < -0.3 is 9.47 Å². The summed E-state index contributed by atoms with van der Waals surface area (Å²) < 4.78 is 10.6. The van der Waals surface area contributed by atoms with Crippen molar-refractivity contribution in [3.05, 3.63) is 46.3 Å². The highest BCUT2D eigenvalue weighted by molar-refractivity contribution is 5.91. The molecule has 3 heteroatoms. The van der Waals surface area contributed by atoms with Crippen molar-refractivity contribution in [2.45, 2.75) is 72.8 Å². The molecule has 0 saturated carbocycles. The van der Waals surface area contributed by atoms with Gasteiger partial charge in [0.1, 0.15) is 5.76 Å². The van der Waals surface area contributed by atoms with Gasteiger partial charge in [0, 0.05) is 6.42 Å². The second kappa shape index (κ2) is 10.2. The van der Waals surface area contributed by atoms with Gasteiger partial charge in [0.2, 0.25) is 0 Å². The summed E-state index contributed by atoms with van der Waals surface area (Å²) in [5.41, 5.74) is 4.74. The van der Waals surface area contributed by atoms with Crippen molar-refractivity contribution in [3.8, 4) is 0 Å². The predicted molar refractivity (Wildman–Crippen MR) is 99.6 cm³/mol. The molecule has 24 heavy (non-hydrogen) atoms. The van der Waals surface area contributed by atoms with Crippen LogP contribution in [-0.2, 0) is 14.3 Å². The first-order valence-corrected chi connectivity index (χ1v) is 8.75. The van der Waals surface area contributed by atoms with E-state index in [-0.39, 0.29) is 12.1 Å². The van der Waals surface area contributed by atoms with E-state index in [4.69, 9.17) is 9.47 Å². The van der Waals surface area contributed by atoms with E-state index in [9.17, 15) is 4.79 Å². The Balaban J connectivity index is 2.40. The zero-order valence-corrected chi connectivity index (χ0v) is 16.1. The molecule has 1 unspecified atom stereocenters. The molecule has 0 aromatic carbocycles. The maximum Gasteiger partial charge on any atom is 0.338 e. The van der Waals surface area contributed by atoms with E-state index in [0.717, 1.165) is 25.7 Å². The third kappa shape index (κ3) is 6.77. The Labute approximate surface area is 147 Å². The highest BCUT2D eigenvalue weighted by Crippen LogP contribution is 2.26. The zero-order chi connectivity index (χ0) is 18.1. The van der Waals surface area contributed by atoms with Crippen molar-refractivity contribution in [2.24, 2.45) is 0 Å². The molecule has 0 spiro atoms. The Kier molecular flexibility index (Phi) is 8.59. The van der Waals surface area contributed by atoms with Crippen molar-refractivity contribution in [2.75, 3.05) is 7.11 Å². The minimum absolute atomic E-state index is 0.265. The minimum atomic E-state index is -0.266. The quantitative estimate of drug-likeness (QED) is 0.405. The first-order chi connectivity index (χ1) is 11.3. The van der Waals surface area contributed by atoms with Crippen molar-refractivity contribution in [1.82, 2.24) is 0 Å². The predicted octanol–water partition coefficient (Wildman–Crippen LogP) is 5.64. The van der Waals surface area contributed by atoms with Gasteiger partial charge in [-0.05, 0) is 60.3 Å². The van der Waals surface area contributed by atoms with Gasteiger partial charge in [-0.25, -0.2) is 4.79 Å². The number of ether oxygens (including phenoxy) is 2. The molecule has 1 atom stereocenters. The molecular formula is C21H32O3. The molecule has 1 rings (SSSR count). The second-order valence-corrected chi connectivity index (χ2v) is 6.78. The van der Waals surface area contributed by atoms with Crippen LogP contribution < -0.4 is 0 Å². The number of carbonyl (C=O) groups is 1. The maximum absolute atomic E-state index is 11.6. The Morgan fingerprint density at radius 2 is 1.62 bits per heavy atom. The number of cyclic esters (lactones) is 1. The standard InChI is InChI=1S/C21H32O3/c1-15(2)9-7-10-16(3)11-8-12-17(4)13-14-19-20(23-6)18(5)21(22)24-19/h9,11,13,19H,7-8,10,12,14H2,1-6H3. The lowest BCUT2D eigenvalue weighted by atomic mass is 10.0. The first-order valence-electron chi connectivity index (χ1n) is 8.75. The molecule has 0 aromatic rings. The van der Waals surface area contributed by atoms with Gasteiger partial charge in [0.25, 0.3) is 0 Å². The fourth-order valence-corrected chi connectivity index (χ4v) is 2.70. The number of hydrogen-bond acceptors (Lipinski definition) is 3. The van der Waals surface area contributed by atoms with Crippen molar-refractivity contribution in [1.29, 1.82) is 0 Å². The first kappa shape index (κ1) is 20.3. The summed E-state index contributed by atoms with van der Waals surface area (Å²) in [6.45, 7) is 10.4. The highest BCUT2D eigenvalue weighted by Gasteiger charge is 2.31. The summed E-state index contributed by atoms with van der Waals surface area (Å²) in [6, 6.07) is 0. The Bertz CT molecular complexity index is 558. The Morgan fingerprint density at radius 3 is 2.21 bits per heavy atom. The summed E-state index contributed by atoms with van der Waals surface area (Å²) in [5, 5.41) is 0. The molecule has 0 aromatic heterocycles. The Hall–Kier alpha value is -1.77. The van der Waals surface area contributed by atoms with E-state index in [1.165, 1.54) is 16.7 Å². The molecule has 1 aliphatic rings. The highest BCUT2D eigenvalue weighted by atomic mass is 16.6. The number of rotatable bonds is 9. The van der Waals surface area contributed by atoms with Crippen LogP contribution >= 0.6 is 0 Å². The number of allylic oxidation sites excluding steroid dienone is 5. The van der Waals surface area contributed by atoms with E-state index in [1.54, 1.807) is 14.0 Å². The van der Waals surface area contributed by atoms with Crippen molar-refractivity contribution < 1.29 is 14.3 Å². The van der Waals surface area contributed by atoms with Gasteiger partial charge in [0.15, 0.2) is 6.10 Å². The van der Waals surface area contributed by atoms with Gasteiger partial charge in [0.05, 0.1) is 12.7 Å². The second-order valence-electron chi connectivity index (χ2n) is 6.78. The number of hydrogen-bond donors (Lipinski definition) is 0. The van der Waals surface area contributed by atoms with Gasteiger partial charge >= 0.3 is 5.97 Å². The van der Waals surface area contributed by atoms with E-state index in [2.05, 4.69) is 45.9 Å². The largest absolute Gasteiger partial charge is 0.497 e. The van der Waals surface area contributed by atoms with Crippen LogP contribution in [0.1, 0.15) is 66.7 Å². The molecule has 1 heterocycles. The van der Waals surface area contributed by atoms with Crippen molar-refractivity contribution >= 4 is 5.97 Å². The average Bonchev–Trinajstić information content (AvgIpc) is 2.79. The van der Waals surface area contributed by atoms with Crippen LogP contribution in [0.4, 0.5) is 0 Å². The molecule has 3 nitrogen and oxygen atoms in total. The average molecular weight is 332 g/mol. The normalized spacial score (nSPS) is 18.8. The minimum Gasteiger partial charge on any atom is -0.497 e. The van der Waals surface area contributed by atoms with E-state index in [1.807, 2.05) is 0 Å². The summed E-state index contributed by atoms with van der Waals surface area (Å²) in [7, 11) is 1.59. The van der Waals surface area contributed by atoms with Gasteiger partial charge in [-0.3, -0.25) is 0 Å². The summed E-state index contributed by atoms with van der Waals surface area (Å²) in [6.07, 6.45) is 11.5. The summed E-state index contributed by atoms with van der Waals surface area (Å²) in [4.78, 5) is 11.6. The van der Waals surface area contributed by atoms with Gasteiger partial charge in [-0.2, -0.15) is 0 Å². The van der Waals surface area contributed by atoms with Crippen LogP contribution in [0.5, 0.6) is 0 Å². The molecule has 0 fully saturated rings. The van der Waals surface area contributed by atoms with Crippen LogP contribution in [0.25, 0.3) is 0 Å². The molecule has 0 aliphatic carbocycles. The Morgan fingerprint density at radius 1 is 1.04 bits per heavy atom.